The largest absolute Gasteiger partial charge is 0.496 e. The van der Waals surface area contributed by atoms with Gasteiger partial charge in [-0.25, -0.2) is 4.39 Å². The van der Waals surface area contributed by atoms with Gasteiger partial charge in [-0.05, 0) is 62.7 Å². The van der Waals surface area contributed by atoms with Gasteiger partial charge in [0.15, 0.2) is 0 Å². The summed E-state index contributed by atoms with van der Waals surface area (Å²) in [6.07, 6.45) is 4.09. The van der Waals surface area contributed by atoms with Gasteiger partial charge in [0, 0.05) is 16.0 Å². The van der Waals surface area contributed by atoms with Crippen molar-refractivity contribution in [3.8, 4) is 17.2 Å². The molecular formula is C22H25FO3S. The van der Waals surface area contributed by atoms with Crippen molar-refractivity contribution in [1.29, 1.82) is 0 Å². The molecule has 3 rings (SSSR count). The monoisotopic (exact) mass is 387 g/mol. The maximum atomic E-state index is 13.9. The molecule has 1 aliphatic heterocycles. The third kappa shape index (κ3) is 4.24. The predicted molar refractivity (Wildman–Crippen MR) is 109 cm³/mol. The number of hydrogen-bond donors (Lipinski definition) is 0. The molecule has 1 aliphatic rings. The van der Waals surface area contributed by atoms with Gasteiger partial charge >= 0.3 is 0 Å². The first-order valence-electron chi connectivity index (χ1n) is 8.84. The van der Waals surface area contributed by atoms with E-state index in [1.165, 1.54) is 11.8 Å². The first-order valence-corrected chi connectivity index (χ1v) is 9.72. The summed E-state index contributed by atoms with van der Waals surface area (Å²) in [6.45, 7) is 5.48. The molecule has 0 aromatic heterocycles. The molecule has 0 bridgehead atoms. The molecular weight excluding hydrogens is 362 g/mol. The molecule has 0 radical (unpaired) electrons. The van der Waals surface area contributed by atoms with Crippen molar-refractivity contribution in [3.05, 3.63) is 53.1 Å². The second kappa shape index (κ2) is 7.85. The number of methoxy groups -OCH3 is 2. The molecule has 0 aliphatic carbocycles. The smallest absolute Gasteiger partial charge is 0.127 e. The van der Waals surface area contributed by atoms with Crippen molar-refractivity contribution in [1.82, 2.24) is 0 Å². The van der Waals surface area contributed by atoms with E-state index in [2.05, 4.69) is 6.08 Å². The van der Waals surface area contributed by atoms with Crippen LogP contribution in [0.2, 0.25) is 0 Å². The molecule has 2 aromatic carbocycles. The van der Waals surface area contributed by atoms with Crippen LogP contribution >= 0.6 is 11.8 Å². The highest BCUT2D eigenvalue weighted by atomic mass is 32.2. The van der Waals surface area contributed by atoms with Crippen LogP contribution < -0.4 is 14.2 Å². The van der Waals surface area contributed by atoms with Crippen LogP contribution in [-0.2, 0) is 0 Å². The molecule has 1 atom stereocenters. The summed E-state index contributed by atoms with van der Waals surface area (Å²) >= 11 is 1.48. The Morgan fingerprint density at radius 2 is 1.78 bits per heavy atom. The summed E-state index contributed by atoms with van der Waals surface area (Å²) in [6, 6.07) is 9.74. The van der Waals surface area contributed by atoms with Crippen LogP contribution in [0.3, 0.4) is 0 Å². The molecule has 144 valence electrons. The quantitative estimate of drug-likeness (QED) is 0.568. The molecule has 0 amide bonds. The Hall–Kier alpha value is -2.14. The van der Waals surface area contributed by atoms with E-state index in [1.807, 2.05) is 57.2 Å². The average Bonchev–Trinajstić information content (AvgIpc) is 2.66. The molecule has 0 saturated carbocycles. The summed E-state index contributed by atoms with van der Waals surface area (Å²) in [5, 5.41) is -0.351. The molecule has 1 heterocycles. The van der Waals surface area contributed by atoms with Crippen molar-refractivity contribution < 1.29 is 18.6 Å². The fraction of sp³-hybridized carbons (Fsp3) is 0.364. The summed E-state index contributed by atoms with van der Waals surface area (Å²) in [5.41, 5.74) is 2.45. The SMILES string of the molecule is COc1cc(C(C[18F])Sc2ccc3c(c2)C=CC(C)(C)O3)cc(OC)c1C. The Morgan fingerprint density at radius 1 is 1.11 bits per heavy atom. The van der Waals surface area contributed by atoms with E-state index in [1.54, 1.807) is 14.2 Å². The van der Waals surface area contributed by atoms with Gasteiger partial charge in [0.05, 0.1) is 19.5 Å². The lowest BCUT2D eigenvalue weighted by Gasteiger charge is -2.28. The molecule has 2 aromatic rings. The fourth-order valence-electron chi connectivity index (χ4n) is 3.08. The Labute approximate surface area is 164 Å². The van der Waals surface area contributed by atoms with Gasteiger partial charge in [0.25, 0.3) is 0 Å². The van der Waals surface area contributed by atoms with Crippen LogP contribution in [0.1, 0.15) is 35.8 Å². The Morgan fingerprint density at radius 3 is 2.37 bits per heavy atom. The number of halogens is 1. The molecule has 5 heteroatoms. The van der Waals surface area contributed by atoms with E-state index in [-0.39, 0.29) is 10.9 Å². The van der Waals surface area contributed by atoms with E-state index in [4.69, 9.17) is 14.2 Å². The molecule has 3 nitrogen and oxygen atoms in total. The Bertz CT molecular complexity index is 836. The first-order chi connectivity index (χ1) is 12.9. The lowest BCUT2D eigenvalue weighted by molar-refractivity contribution is 0.159. The lowest BCUT2D eigenvalue weighted by Crippen LogP contribution is -2.27. The molecule has 0 N–H and O–H groups in total. The van der Waals surface area contributed by atoms with Gasteiger partial charge in [-0.3, -0.25) is 0 Å². The summed E-state index contributed by atoms with van der Waals surface area (Å²) in [4.78, 5) is 0.989. The lowest BCUT2D eigenvalue weighted by atomic mass is 10.0. The second-order valence-corrected chi connectivity index (χ2v) is 8.33. The third-order valence-corrected chi connectivity index (χ3v) is 5.79. The predicted octanol–water partition coefficient (Wildman–Crippen LogP) is 6.00. The maximum Gasteiger partial charge on any atom is 0.127 e. The summed E-state index contributed by atoms with van der Waals surface area (Å²) in [7, 11) is 3.22. The van der Waals surface area contributed by atoms with Crippen LogP contribution in [0, 0.1) is 6.92 Å². The van der Waals surface area contributed by atoms with Gasteiger partial charge in [-0.2, -0.15) is 0 Å². The molecule has 27 heavy (non-hydrogen) atoms. The van der Waals surface area contributed by atoms with Crippen molar-refractivity contribution in [2.45, 2.75) is 36.5 Å². The van der Waals surface area contributed by atoms with E-state index in [0.29, 0.717) is 11.5 Å². The standard InChI is InChI=1S/C22H25FO3S/c1-14-19(24-4)11-16(12-20(14)25-5)21(13-23)27-17-6-7-18-15(10-17)8-9-22(2,3)26-18/h6-12,21H,13H2,1-5H3/i23-1. The molecule has 0 fully saturated rings. The van der Waals surface area contributed by atoms with Crippen molar-refractivity contribution >= 4 is 17.8 Å². The highest BCUT2D eigenvalue weighted by Crippen LogP contribution is 2.42. The van der Waals surface area contributed by atoms with Crippen LogP contribution in [0.5, 0.6) is 17.2 Å². The zero-order chi connectivity index (χ0) is 19.6. The third-order valence-electron chi connectivity index (χ3n) is 4.58. The summed E-state index contributed by atoms with van der Waals surface area (Å²) < 4.78 is 30.7. The van der Waals surface area contributed by atoms with Gasteiger partial charge < -0.3 is 14.2 Å². The normalized spacial score (nSPS) is 15.6. The molecule has 1 unspecified atom stereocenters. The number of fused-ring (bicyclic) bond motifs is 1. The topological polar surface area (TPSA) is 27.7 Å². The number of alkyl halides is 1. The van der Waals surface area contributed by atoms with Crippen LogP contribution in [0.15, 0.2) is 41.3 Å². The van der Waals surface area contributed by atoms with Crippen LogP contribution in [-0.4, -0.2) is 26.5 Å². The number of ether oxygens (including phenoxy) is 3. The van der Waals surface area contributed by atoms with Crippen LogP contribution in [0.4, 0.5) is 4.39 Å². The second-order valence-electron chi connectivity index (χ2n) is 7.05. The zero-order valence-corrected chi connectivity index (χ0v) is 17.2. The fourth-order valence-corrected chi connectivity index (χ4v) is 4.08. The number of rotatable bonds is 6. The minimum absolute atomic E-state index is 0.307. The number of benzene rings is 2. The first kappa shape index (κ1) is 19.6. The minimum atomic E-state index is -0.490. The van der Waals surface area contributed by atoms with Gasteiger partial charge in [-0.15, -0.1) is 11.8 Å². The summed E-state index contributed by atoms with van der Waals surface area (Å²) in [5.74, 6) is 2.25. The van der Waals surface area contributed by atoms with E-state index >= 15 is 0 Å². The minimum Gasteiger partial charge on any atom is -0.496 e. The van der Waals surface area contributed by atoms with Crippen LogP contribution in [0.25, 0.3) is 6.08 Å². The van der Waals surface area contributed by atoms with Gasteiger partial charge in [-0.1, -0.05) is 6.08 Å². The average molecular weight is 388 g/mol. The Balaban J connectivity index is 1.88. The highest BCUT2D eigenvalue weighted by molar-refractivity contribution is 7.99. The highest BCUT2D eigenvalue weighted by Gasteiger charge is 2.23. The molecule has 0 spiro atoms. The molecule has 0 saturated heterocycles. The van der Waals surface area contributed by atoms with Gasteiger partial charge in [0.1, 0.15) is 29.5 Å². The number of hydrogen-bond acceptors (Lipinski definition) is 4. The zero-order valence-electron chi connectivity index (χ0n) is 16.3. The van der Waals surface area contributed by atoms with Crippen molar-refractivity contribution in [2.24, 2.45) is 0 Å². The van der Waals surface area contributed by atoms with E-state index < -0.39 is 6.67 Å². The number of thioether (sulfide) groups is 1. The van der Waals surface area contributed by atoms with Gasteiger partial charge in [0.2, 0.25) is 0 Å². The van der Waals surface area contributed by atoms with E-state index in [0.717, 1.165) is 27.3 Å². The van der Waals surface area contributed by atoms with E-state index in [9.17, 15) is 4.39 Å². The Kier molecular flexibility index (Phi) is 5.70. The van der Waals surface area contributed by atoms with Crippen molar-refractivity contribution in [3.63, 3.8) is 0 Å². The maximum absolute atomic E-state index is 13.9. The van der Waals surface area contributed by atoms with Crippen molar-refractivity contribution in [2.75, 3.05) is 20.9 Å².